The second-order valence-electron chi connectivity index (χ2n) is 5.56. The van der Waals surface area contributed by atoms with Crippen molar-refractivity contribution in [1.29, 1.82) is 0 Å². The molecule has 2 aromatic heterocycles. The van der Waals surface area contributed by atoms with Crippen LogP contribution in [0.15, 0.2) is 24.3 Å². The van der Waals surface area contributed by atoms with E-state index in [9.17, 15) is 0 Å². The van der Waals surface area contributed by atoms with Gasteiger partial charge in [0.15, 0.2) is 0 Å². The van der Waals surface area contributed by atoms with E-state index in [2.05, 4.69) is 45.0 Å². The molecular weight excluding hydrogens is 278 g/mol. The molecule has 110 valence electrons. The van der Waals surface area contributed by atoms with E-state index >= 15 is 0 Å². The molecule has 1 aromatic carbocycles. The summed E-state index contributed by atoms with van der Waals surface area (Å²) in [6.45, 7) is 6.43. The van der Waals surface area contributed by atoms with Gasteiger partial charge in [-0.3, -0.25) is 0 Å². The summed E-state index contributed by atoms with van der Waals surface area (Å²) in [7, 11) is 0. The van der Waals surface area contributed by atoms with Crippen molar-refractivity contribution in [2.75, 3.05) is 0 Å². The molecule has 0 bridgehead atoms. The fourth-order valence-electron chi connectivity index (χ4n) is 2.50. The van der Waals surface area contributed by atoms with Gasteiger partial charge in [-0.25, -0.2) is 9.50 Å². The maximum absolute atomic E-state index is 4.78. The summed E-state index contributed by atoms with van der Waals surface area (Å²) in [4.78, 5) is 5.79. The van der Waals surface area contributed by atoms with Gasteiger partial charge in [0, 0.05) is 12.0 Å². The average Bonchev–Trinajstić information content (AvgIpc) is 3.00. The predicted molar refractivity (Wildman–Crippen MR) is 89.0 cm³/mol. The molecule has 3 rings (SSSR count). The number of benzene rings is 1. The summed E-state index contributed by atoms with van der Waals surface area (Å²) in [6, 6.07) is 8.53. The third kappa shape index (κ3) is 2.86. The molecule has 0 atom stereocenters. The van der Waals surface area contributed by atoms with Crippen molar-refractivity contribution in [1.82, 2.24) is 14.6 Å². The Morgan fingerprint density at radius 1 is 1.10 bits per heavy atom. The van der Waals surface area contributed by atoms with Gasteiger partial charge >= 0.3 is 0 Å². The summed E-state index contributed by atoms with van der Waals surface area (Å²) < 4.78 is 2.00. The first-order valence-corrected chi connectivity index (χ1v) is 8.42. The Balaban J connectivity index is 1.90. The van der Waals surface area contributed by atoms with Crippen LogP contribution in [-0.2, 0) is 6.42 Å². The molecule has 0 radical (unpaired) electrons. The Hall–Kier alpha value is -1.68. The fraction of sp³-hybridized carbons (Fsp3) is 0.412. The predicted octanol–water partition coefficient (Wildman–Crippen LogP) is 4.81. The van der Waals surface area contributed by atoms with Gasteiger partial charge in [0.05, 0.1) is 11.4 Å². The molecule has 0 amide bonds. The highest BCUT2D eigenvalue weighted by atomic mass is 32.1. The molecule has 0 saturated carbocycles. The smallest absolute Gasteiger partial charge is 0.212 e. The summed E-state index contributed by atoms with van der Waals surface area (Å²) in [6.07, 6.45) is 4.81. The van der Waals surface area contributed by atoms with Crippen molar-refractivity contribution in [2.24, 2.45) is 0 Å². The first-order valence-electron chi connectivity index (χ1n) is 7.61. The highest BCUT2D eigenvalue weighted by molar-refractivity contribution is 7.16. The van der Waals surface area contributed by atoms with Crippen molar-refractivity contribution in [3.63, 3.8) is 0 Å². The van der Waals surface area contributed by atoms with Gasteiger partial charge in [0.1, 0.15) is 5.01 Å². The molecular formula is C17H21N3S. The van der Waals surface area contributed by atoms with E-state index in [1.54, 1.807) is 11.3 Å². The molecule has 0 fully saturated rings. The van der Waals surface area contributed by atoms with Gasteiger partial charge in [0.2, 0.25) is 4.96 Å². The zero-order valence-corrected chi connectivity index (χ0v) is 13.7. The zero-order chi connectivity index (χ0) is 14.8. The average molecular weight is 299 g/mol. The summed E-state index contributed by atoms with van der Waals surface area (Å²) >= 11 is 1.72. The number of fused-ring (bicyclic) bond motifs is 1. The van der Waals surface area contributed by atoms with Crippen LogP contribution < -0.4 is 0 Å². The maximum atomic E-state index is 4.78. The van der Waals surface area contributed by atoms with E-state index in [0.29, 0.717) is 0 Å². The molecule has 4 heteroatoms. The molecule has 0 aliphatic rings. The van der Waals surface area contributed by atoms with E-state index in [0.717, 1.165) is 22.8 Å². The van der Waals surface area contributed by atoms with Crippen LogP contribution in [0.25, 0.3) is 16.2 Å². The topological polar surface area (TPSA) is 30.2 Å². The standard InChI is InChI=1S/C17H21N3S/c1-4-5-6-7-15-19-20-13(3)16(18-17(20)21-15)14-10-8-12(2)9-11-14/h8-11H,4-7H2,1-3H3. The summed E-state index contributed by atoms with van der Waals surface area (Å²) in [5.74, 6) is 0. The highest BCUT2D eigenvalue weighted by Crippen LogP contribution is 2.27. The molecule has 0 aliphatic carbocycles. The third-order valence-corrected chi connectivity index (χ3v) is 4.76. The maximum Gasteiger partial charge on any atom is 0.212 e. The molecule has 0 saturated heterocycles. The Labute approximate surface area is 129 Å². The van der Waals surface area contributed by atoms with Crippen molar-refractivity contribution < 1.29 is 0 Å². The lowest BCUT2D eigenvalue weighted by atomic mass is 10.1. The van der Waals surface area contributed by atoms with Crippen molar-refractivity contribution in [3.05, 3.63) is 40.5 Å². The molecule has 21 heavy (non-hydrogen) atoms. The van der Waals surface area contributed by atoms with E-state index < -0.39 is 0 Å². The molecule has 0 aliphatic heterocycles. The van der Waals surface area contributed by atoms with Gasteiger partial charge in [-0.15, -0.1) is 0 Å². The van der Waals surface area contributed by atoms with Gasteiger partial charge < -0.3 is 0 Å². The highest BCUT2D eigenvalue weighted by Gasteiger charge is 2.14. The largest absolute Gasteiger partial charge is 0.217 e. The van der Waals surface area contributed by atoms with Crippen molar-refractivity contribution >= 4 is 16.3 Å². The minimum absolute atomic E-state index is 1.01. The second-order valence-corrected chi connectivity index (χ2v) is 6.60. The minimum atomic E-state index is 1.01. The Morgan fingerprint density at radius 2 is 1.86 bits per heavy atom. The van der Waals surface area contributed by atoms with E-state index in [1.165, 1.54) is 35.4 Å². The molecule has 2 heterocycles. The number of unbranched alkanes of at least 4 members (excludes halogenated alkanes) is 2. The van der Waals surface area contributed by atoms with Crippen LogP contribution in [0.4, 0.5) is 0 Å². The van der Waals surface area contributed by atoms with Crippen LogP contribution in [0.2, 0.25) is 0 Å². The molecule has 0 N–H and O–H groups in total. The number of nitrogens with zero attached hydrogens (tertiary/aromatic N) is 3. The van der Waals surface area contributed by atoms with E-state index in [1.807, 2.05) is 4.52 Å². The third-order valence-electron chi connectivity index (χ3n) is 3.79. The van der Waals surface area contributed by atoms with Crippen LogP contribution in [-0.4, -0.2) is 14.6 Å². The molecule has 0 spiro atoms. The fourth-order valence-corrected chi connectivity index (χ4v) is 3.48. The molecule has 3 aromatic rings. The van der Waals surface area contributed by atoms with Crippen LogP contribution in [0, 0.1) is 13.8 Å². The number of hydrogen-bond acceptors (Lipinski definition) is 3. The van der Waals surface area contributed by atoms with E-state index in [-0.39, 0.29) is 0 Å². The summed E-state index contributed by atoms with van der Waals surface area (Å²) in [5, 5.41) is 5.92. The lowest BCUT2D eigenvalue weighted by Gasteiger charge is -2.00. The van der Waals surface area contributed by atoms with Crippen LogP contribution >= 0.6 is 11.3 Å². The van der Waals surface area contributed by atoms with Gasteiger partial charge in [-0.05, 0) is 20.3 Å². The van der Waals surface area contributed by atoms with Crippen molar-refractivity contribution in [3.8, 4) is 11.3 Å². The normalized spacial score (nSPS) is 11.4. The number of imidazole rings is 1. The molecule has 0 unspecified atom stereocenters. The van der Waals surface area contributed by atoms with Crippen LogP contribution in [0.3, 0.4) is 0 Å². The Morgan fingerprint density at radius 3 is 2.52 bits per heavy atom. The Bertz CT molecular complexity index is 737. The quantitative estimate of drug-likeness (QED) is 0.633. The number of aryl methyl sites for hydroxylation is 3. The Kier molecular flexibility index (Phi) is 4.06. The lowest BCUT2D eigenvalue weighted by Crippen LogP contribution is -1.92. The van der Waals surface area contributed by atoms with Crippen LogP contribution in [0.1, 0.15) is 42.5 Å². The van der Waals surface area contributed by atoms with Gasteiger partial charge in [-0.1, -0.05) is 60.9 Å². The first kappa shape index (κ1) is 14.3. The number of aromatic nitrogens is 3. The van der Waals surface area contributed by atoms with Gasteiger partial charge in [0.25, 0.3) is 0 Å². The van der Waals surface area contributed by atoms with E-state index in [4.69, 9.17) is 10.1 Å². The summed E-state index contributed by atoms with van der Waals surface area (Å²) in [5.41, 5.74) is 4.62. The first-order chi connectivity index (χ1) is 10.2. The molecule has 3 nitrogen and oxygen atoms in total. The van der Waals surface area contributed by atoms with Crippen LogP contribution in [0.5, 0.6) is 0 Å². The van der Waals surface area contributed by atoms with Crippen molar-refractivity contribution in [2.45, 2.75) is 46.5 Å². The van der Waals surface area contributed by atoms with Gasteiger partial charge in [-0.2, -0.15) is 5.10 Å². The lowest BCUT2D eigenvalue weighted by molar-refractivity contribution is 0.705. The number of rotatable bonds is 5. The number of hydrogen-bond donors (Lipinski definition) is 0. The second kappa shape index (κ2) is 5.98. The zero-order valence-electron chi connectivity index (χ0n) is 12.9. The SMILES string of the molecule is CCCCCc1nn2c(C)c(-c3ccc(C)cc3)nc2s1. The monoisotopic (exact) mass is 299 g/mol. The minimum Gasteiger partial charge on any atom is -0.217 e.